The van der Waals surface area contributed by atoms with Crippen molar-refractivity contribution in [1.82, 2.24) is 0 Å². The minimum Gasteiger partial charge on any atom is -0.476 e. The van der Waals surface area contributed by atoms with Crippen molar-refractivity contribution < 1.29 is 56.8 Å². The van der Waals surface area contributed by atoms with Crippen LogP contribution < -0.4 is 0 Å². The van der Waals surface area contributed by atoms with E-state index in [-0.39, 0.29) is 0 Å². The molecule has 0 fully saturated rings. The first-order chi connectivity index (χ1) is 10.2. The minimum atomic E-state index is -2.56. The maximum Gasteiger partial charge on any atom is 0.364 e. The molecule has 0 rings (SSSR count). The number of aliphatic hydroxyl groups excluding tert-OH is 1. The van der Waals surface area contributed by atoms with E-state index in [1.54, 1.807) is 0 Å². The van der Waals surface area contributed by atoms with Crippen molar-refractivity contribution in [3.63, 3.8) is 0 Å². The van der Waals surface area contributed by atoms with Crippen LogP contribution in [-0.2, 0) is 14.4 Å². The first-order valence-electron chi connectivity index (χ1n) is 4.82. The standard InChI is InChI=1S/3C3H3FO2.C2H4F2O/c3*1-2(4)3(5)6;3-2(4)1-5/h3*1H2,(H,5,6);2,5H,1H2. The first kappa shape index (κ1) is 28.4. The van der Waals surface area contributed by atoms with Gasteiger partial charge in [0.05, 0.1) is 0 Å². The third-order valence-electron chi connectivity index (χ3n) is 0.834. The van der Waals surface area contributed by atoms with Gasteiger partial charge in [-0.1, -0.05) is 19.7 Å². The van der Waals surface area contributed by atoms with Gasteiger partial charge >= 0.3 is 17.9 Å². The summed E-state index contributed by atoms with van der Waals surface area (Å²) in [5, 5.41) is 29.9. The Kier molecular flexibility index (Phi) is 21.4. The van der Waals surface area contributed by atoms with Crippen molar-refractivity contribution in [3.05, 3.63) is 37.2 Å². The van der Waals surface area contributed by atoms with Crippen LogP contribution in [0, 0.1) is 0 Å². The Bertz CT molecular complexity index is 341. The van der Waals surface area contributed by atoms with Gasteiger partial charge in [0.2, 0.25) is 17.5 Å². The smallest absolute Gasteiger partial charge is 0.364 e. The molecule has 0 aromatic rings. The molecule has 0 unspecified atom stereocenters. The average Bonchev–Trinajstić information content (AvgIpc) is 2.40. The van der Waals surface area contributed by atoms with Gasteiger partial charge in [-0.25, -0.2) is 23.2 Å². The van der Waals surface area contributed by atoms with Gasteiger partial charge in [-0.05, 0) is 0 Å². The van der Waals surface area contributed by atoms with Crippen LogP contribution in [0.25, 0.3) is 0 Å². The highest BCUT2D eigenvalue weighted by Gasteiger charge is 1.97. The molecule has 0 heterocycles. The van der Waals surface area contributed by atoms with Crippen LogP contribution in [0.3, 0.4) is 0 Å². The summed E-state index contributed by atoms with van der Waals surface area (Å²) in [5.41, 5.74) is 0. The van der Waals surface area contributed by atoms with E-state index < -0.39 is 48.4 Å². The number of aliphatic hydroxyl groups is 1. The van der Waals surface area contributed by atoms with Crippen molar-refractivity contribution in [2.24, 2.45) is 0 Å². The fourth-order valence-corrected chi connectivity index (χ4v) is 0. The fraction of sp³-hybridized carbons (Fsp3) is 0.182. The molecule has 0 saturated carbocycles. The minimum absolute atomic E-state index is 1.03. The number of hydrogen-bond donors (Lipinski definition) is 4. The van der Waals surface area contributed by atoms with E-state index in [2.05, 4.69) is 19.7 Å². The molecule has 0 aliphatic carbocycles. The maximum absolute atomic E-state index is 11.0. The normalized spacial score (nSPS) is 7.96. The molecule has 23 heavy (non-hydrogen) atoms. The lowest BCUT2D eigenvalue weighted by molar-refractivity contribution is -0.135. The van der Waals surface area contributed by atoms with Crippen molar-refractivity contribution in [2.75, 3.05) is 6.61 Å². The lowest BCUT2D eigenvalue weighted by Gasteiger charge is -1.81. The number of aliphatic carboxylic acids is 3. The van der Waals surface area contributed by atoms with Crippen molar-refractivity contribution in [2.45, 2.75) is 6.43 Å². The van der Waals surface area contributed by atoms with Gasteiger partial charge in [-0.3, -0.25) is 0 Å². The quantitative estimate of drug-likeness (QED) is 0.449. The molecule has 0 radical (unpaired) electrons. The number of rotatable bonds is 4. The zero-order valence-corrected chi connectivity index (χ0v) is 11.3. The summed E-state index contributed by atoms with van der Waals surface area (Å²) in [5.74, 6) is -8.78. The number of alkyl halides is 2. The molecular formula is C11H13F5O7. The predicted octanol–water partition coefficient (Wildman–Crippen LogP) is 1.91. The Morgan fingerprint density at radius 1 is 0.739 bits per heavy atom. The Hall–Kier alpha value is -2.76. The summed E-state index contributed by atoms with van der Waals surface area (Å²) < 4.78 is 54.1. The van der Waals surface area contributed by atoms with Crippen LogP contribution in [0.5, 0.6) is 0 Å². The first-order valence-corrected chi connectivity index (χ1v) is 4.82. The van der Waals surface area contributed by atoms with Gasteiger partial charge in [0.25, 0.3) is 6.43 Å². The molecule has 0 aromatic carbocycles. The predicted molar refractivity (Wildman–Crippen MR) is 66.7 cm³/mol. The van der Waals surface area contributed by atoms with Crippen LogP contribution in [0.15, 0.2) is 37.2 Å². The summed E-state index contributed by atoms with van der Waals surface area (Å²) >= 11 is 0. The zero-order valence-electron chi connectivity index (χ0n) is 11.3. The van der Waals surface area contributed by atoms with Crippen LogP contribution in [-0.4, -0.2) is 51.4 Å². The topological polar surface area (TPSA) is 132 Å². The number of halogens is 5. The van der Waals surface area contributed by atoms with Crippen molar-refractivity contribution in [1.29, 1.82) is 0 Å². The maximum atomic E-state index is 11.0. The highest BCUT2D eigenvalue weighted by molar-refractivity contribution is 5.83. The van der Waals surface area contributed by atoms with Crippen molar-refractivity contribution in [3.8, 4) is 0 Å². The van der Waals surface area contributed by atoms with Crippen LogP contribution >= 0.6 is 0 Å². The van der Waals surface area contributed by atoms with Crippen LogP contribution in [0.2, 0.25) is 0 Å². The number of carboxylic acids is 3. The molecule has 0 aliphatic rings. The van der Waals surface area contributed by atoms with E-state index in [0.29, 0.717) is 0 Å². The molecule has 134 valence electrons. The molecule has 0 spiro atoms. The Balaban J connectivity index is -0.000000105. The van der Waals surface area contributed by atoms with E-state index in [4.69, 9.17) is 20.4 Å². The van der Waals surface area contributed by atoms with Gasteiger partial charge in [0.1, 0.15) is 6.61 Å². The lowest BCUT2D eigenvalue weighted by Crippen LogP contribution is -1.94. The molecule has 0 saturated heterocycles. The number of carboxylic acid groups (broad SMARTS) is 3. The molecule has 7 nitrogen and oxygen atoms in total. The van der Waals surface area contributed by atoms with Crippen LogP contribution in [0.1, 0.15) is 0 Å². The van der Waals surface area contributed by atoms with Crippen LogP contribution in [0.4, 0.5) is 22.0 Å². The van der Waals surface area contributed by atoms with Crippen molar-refractivity contribution >= 4 is 17.9 Å². The molecule has 0 bridgehead atoms. The molecule has 0 amide bonds. The van der Waals surface area contributed by atoms with E-state index >= 15 is 0 Å². The molecule has 4 N–H and O–H groups in total. The van der Waals surface area contributed by atoms with Gasteiger partial charge in [-0.2, -0.15) is 13.2 Å². The molecule has 0 aliphatic heterocycles. The molecule has 0 aromatic heterocycles. The van der Waals surface area contributed by atoms with E-state index in [1.807, 2.05) is 0 Å². The second kappa shape index (κ2) is 17.3. The van der Waals surface area contributed by atoms with Gasteiger partial charge < -0.3 is 20.4 Å². The Morgan fingerprint density at radius 3 is 0.826 bits per heavy atom. The van der Waals surface area contributed by atoms with E-state index in [0.717, 1.165) is 0 Å². The summed E-state index contributed by atoms with van der Waals surface area (Å²) in [6, 6.07) is 0. The lowest BCUT2D eigenvalue weighted by atomic mass is 10.6. The number of hydrogen-bond acceptors (Lipinski definition) is 4. The summed E-state index contributed by atoms with van der Waals surface area (Å²) in [7, 11) is 0. The highest BCUT2D eigenvalue weighted by Crippen LogP contribution is 1.87. The summed E-state index contributed by atoms with van der Waals surface area (Å²) in [6.45, 7) is 6.44. The molecule has 12 heteroatoms. The SMILES string of the molecule is C=C(F)C(=O)O.C=C(F)C(=O)O.C=C(F)C(=O)O.OCC(F)F. The molecule has 0 atom stereocenters. The highest BCUT2D eigenvalue weighted by atomic mass is 19.3. The van der Waals surface area contributed by atoms with Gasteiger partial charge in [0.15, 0.2) is 0 Å². The third kappa shape index (κ3) is 45.3. The Morgan fingerprint density at radius 2 is 0.826 bits per heavy atom. The average molecular weight is 352 g/mol. The van der Waals surface area contributed by atoms with E-state index in [9.17, 15) is 36.3 Å². The second-order valence-corrected chi connectivity index (χ2v) is 2.70. The third-order valence-corrected chi connectivity index (χ3v) is 0.834. The monoisotopic (exact) mass is 352 g/mol. The van der Waals surface area contributed by atoms with Gasteiger partial charge in [-0.15, -0.1) is 0 Å². The van der Waals surface area contributed by atoms with Gasteiger partial charge in [0, 0.05) is 0 Å². The zero-order chi connectivity index (χ0) is 19.7. The Labute approximate surface area is 126 Å². The fourth-order valence-electron chi connectivity index (χ4n) is 0. The van der Waals surface area contributed by atoms with E-state index in [1.165, 1.54) is 0 Å². The largest absolute Gasteiger partial charge is 0.476 e. The summed E-state index contributed by atoms with van der Waals surface area (Å²) in [6.07, 6.45) is -2.56. The second-order valence-electron chi connectivity index (χ2n) is 2.70. The molecular weight excluding hydrogens is 339 g/mol. The number of carbonyl (C=O) groups is 3. The summed E-state index contributed by atoms with van der Waals surface area (Å²) in [4.78, 5) is 27.7.